The largest absolute Gasteiger partial charge is 0.376 e. The first-order valence-corrected chi connectivity index (χ1v) is 6.38. The highest BCUT2D eigenvalue weighted by molar-refractivity contribution is 5.79. The summed E-state index contributed by atoms with van der Waals surface area (Å²) in [6, 6.07) is 0. The number of nitrogens with zero attached hydrogens (tertiary/aromatic N) is 1. The third-order valence-corrected chi connectivity index (χ3v) is 3.44. The van der Waals surface area contributed by atoms with Gasteiger partial charge in [-0.05, 0) is 19.3 Å². The molecule has 2 heterocycles. The molecule has 2 atom stereocenters. The SMILES string of the molecule is CC1CNCCN(CC2CCCCO2)C1=O. The molecule has 0 aromatic rings. The van der Waals surface area contributed by atoms with Gasteiger partial charge in [0, 0.05) is 38.7 Å². The van der Waals surface area contributed by atoms with Gasteiger partial charge in [0.2, 0.25) is 5.91 Å². The minimum absolute atomic E-state index is 0.103. The molecule has 1 amide bonds. The number of carbonyl (C=O) groups excluding carboxylic acids is 1. The maximum absolute atomic E-state index is 12.0. The smallest absolute Gasteiger partial charge is 0.226 e. The predicted octanol–water partition coefficient (Wildman–Crippen LogP) is 0.623. The topological polar surface area (TPSA) is 41.6 Å². The number of carbonyl (C=O) groups is 1. The van der Waals surface area contributed by atoms with Gasteiger partial charge in [-0.2, -0.15) is 0 Å². The fourth-order valence-corrected chi connectivity index (χ4v) is 2.42. The van der Waals surface area contributed by atoms with Gasteiger partial charge in [0.05, 0.1) is 6.10 Å². The molecule has 16 heavy (non-hydrogen) atoms. The van der Waals surface area contributed by atoms with Crippen LogP contribution in [-0.2, 0) is 9.53 Å². The van der Waals surface area contributed by atoms with Gasteiger partial charge in [-0.3, -0.25) is 4.79 Å². The molecule has 0 aromatic heterocycles. The van der Waals surface area contributed by atoms with Crippen LogP contribution in [-0.4, -0.2) is 49.7 Å². The van der Waals surface area contributed by atoms with Crippen molar-refractivity contribution >= 4 is 5.91 Å². The van der Waals surface area contributed by atoms with Crippen molar-refractivity contribution in [3.63, 3.8) is 0 Å². The molecule has 1 N–H and O–H groups in total. The van der Waals surface area contributed by atoms with E-state index in [1.54, 1.807) is 0 Å². The lowest BCUT2D eigenvalue weighted by atomic mass is 10.1. The van der Waals surface area contributed by atoms with Crippen molar-refractivity contribution in [1.29, 1.82) is 0 Å². The van der Waals surface area contributed by atoms with E-state index in [1.165, 1.54) is 12.8 Å². The molecule has 4 nitrogen and oxygen atoms in total. The van der Waals surface area contributed by atoms with Crippen LogP contribution in [0.2, 0.25) is 0 Å². The molecule has 2 saturated heterocycles. The molecule has 0 aliphatic carbocycles. The van der Waals surface area contributed by atoms with Gasteiger partial charge in [0.1, 0.15) is 0 Å². The van der Waals surface area contributed by atoms with E-state index in [2.05, 4.69) is 5.32 Å². The summed E-state index contributed by atoms with van der Waals surface area (Å²) in [6.45, 7) is 6.17. The molecular formula is C12H22N2O2. The summed E-state index contributed by atoms with van der Waals surface area (Å²) in [4.78, 5) is 14.0. The normalized spacial score (nSPS) is 32.6. The van der Waals surface area contributed by atoms with Crippen molar-refractivity contribution in [2.75, 3.05) is 32.8 Å². The van der Waals surface area contributed by atoms with Crippen molar-refractivity contribution in [2.45, 2.75) is 32.3 Å². The van der Waals surface area contributed by atoms with Crippen LogP contribution in [0, 0.1) is 5.92 Å². The lowest BCUT2D eigenvalue weighted by Crippen LogP contribution is -2.42. The lowest BCUT2D eigenvalue weighted by molar-refractivity contribution is -0.136. The molecule has 2 aliphatic rings. The molecule has 2 rings (SSSR count). The fraction of sp³-hybridized carbons (Fsp3) is 0.917. The molecule has 0 spiro atoms. The molecule has 2 aliphatic heterocycles. The van der Waals surface area contributed by atoms with E-state index in [4.69, 9.17) is 4.74 Å². The zero-order valence-corrected chi connectivity index (χ0v) is 10.1. The van der Waals surface area contributed by atoms with Gasteiger partial charge >= 0.3 is 0 Å². The molecule has 2 fully saturated rings. The summed E-state index contributed by atoms with van der Waals surface area (Å²) in [5, 5.41) is 3.29. The van der Waals surface area contributed by atoms with E-state index in [1.807, 2.05) is 11.8 Å². The Morgan fingerprint density at radius 1 is 1.50 bits per heavy atom. The number of amides is 1. The second-order valence-electron chi connectivity index (χ2n) is 4.88. The highest BCUT2D eigenvalue weighted by Crippen LogP contribution is 2.15. The highest BCUT2D eigenvalue weighted by Gasteiger charge is 2.26. The summed E-state index contributed by atoms with van der Waals surface area (Å²) in [5.41, 5.74) is 0. The lowest BCUT2D eigenvalue weighted by Gasteiger charge is -2.30. The number of rotatable bonds is 2. The van der Waals surface area contributed by atoms with Crippen LogP contribution in [0.15, 0.2) is 0 Å². The Kier molecular flexibility index (Phi) is 4.18. The highest BCUT2D eigenvalue weighted by atomic mass is 16.5. The first-order valence-electron chi connectivity index (χ1n) is 6.38. The Morgan fingerprint density at radius 3 is 3.12 bits per heavy atom. The second-order valence-corrected chi connectivity index (χ2v) is 4.88. The van der Waals surface area contributed by atoms with Crippen molar-refractivity contribution in [1.82, 2.24) is 10.2 Å². The number of nitrogens with one attached hydrogen (secondary N) is 1. The van der Waals surface area contributed by atoms with Gasteiger partial charge in [0.25, 0.3) is 0 Å². The van der Waals surface area contributed by atoms with Crippen LogP contribution < -0.4 is 5.32 Å². The van der Waals surface area contributed by atoms with Gasteiger partial charge in [-0.25, -0.2) is 0 Å². The van der Waals surface area contributed by atoms with Crippen LogP contribution in [0.4, 0.5) is 0 Å². The third kappa shape index (κ3) is 2.95. The second kappa shape index (κ2) is 5.64. The molecule has 2 unspecified atom stereocenters. The zero-order chi connectivity index (χ0) is 11.4. The summed E-state index contributed by atoms with van der Waals surface area (Å²) in [5.74, 6) is 0.380. The zero-order valence-electron chi connectivity index (χ0n) is 10.1. The van der Waals surface area contributed by atoms with Crippen molar-refractivity contribution in [2.24, 2.45) is 5.92 Å². The first kappa shape index (κ1) is 11.9. The third-order valence-electron chi connectivity index (χ3n) is 3.44. The average Bonchev–Trinajstić information content (AvgIpc) is 2.46. The Hall–Kier alpha value is -0.610. The van der Waals surface area contributed by atoms with E-state index in [-0.39, 0.29) is 17.9 Å². The molecule has 92 valence electrons. The molecule has 0 aromatic carbocycles. The predicted molar refractivity (Wildman–Crippen MR) is 62.2 cm³/mol. The Balaban J connectivity index is 1.88. The summed E-state index contributed by atoms with van der Waals surface area (Å²) in [7, 11) is 0. The maximum atomic E-state index is 12.0. The van der Waals surface area contributed by atoms with Crippen molar-refractivity contribution in [3.8, 4) is 0 Å². The minimum atomic E-state index is 0.103. The molecule has 4 heteroatoms. The Labute approximate surface area is 97.3 Å². The maximum Gasteiger partial charge on any atom is 0.226 e. The van der Waals surface area contributed by atoms with Gasteiger partial charge in [-0.1, -0.05) is 6.92 Å². The van der Waals surface area contributed by atoms with E-state index in [0.717, 1.165) is 39.2 Å². The number of hydrogen-bond donors (Lipinski definition) is 1. The van der Waals surface area contributed by atoms with Gasteiger partial charge in [0.15, 0.2) is 0 Å². The molecule has 0 radical (unpaired) electrons. The molecular weight excluding hydrogens is 204 g/mol. The standard InChI is InChI=1S/C12H22N2O2/c1-10-8-13-5-6-14(12(10)15)9-11-4-2-3-7-16-11/h10-11,13H,2-9H2,1H3. The summed E-state index contributed by atoms with van der Waals surface area (Å²) >= 11 is 0. The quantitative estimate of drug-likeness (QED) is 0.750. The van der Waals surface area contributed by atoms with Gasteiger partial charge < -0.3 is 15.0 Å². The van der Waals surface area contributed by atoms with Crippen molar-refractivity contribution < 1.29 is 9.53 Å². The number of ether oxygens (including phenoxy) is 1. The minimum Gasteiger partial charge on any atom is -0.376 e. The molecule has 0 bridgehead atoms. The van der Waals surface area contributed by atoms with Crippen molar-refractivity contribution in [3.05, 3.63) is 0 Å². The monoisotopic (exact) mass is 226 g/mol. The van der Waals surface area contributed by atoms with E-state index in [9.17, 15) is 4.79 Å². The van der Waals surface area contributed by atoms with E-state index < -0.39 is 0 Å². The van der Waals surface area contributed by atoms with E-state index in [0.29, 0.717) is 0 Å². The van der Waals surface area contributed by atoms with Crippen LogP contribution in [0.25, 0.3) is 0 Å². The summed E-state index contributed by atoms with van der Waals surface area (Å²) < 4.78 is 5.69. The summed E-state index contributed by atoms with van der Waals surface area (Å²) in [6.07, 6.45) is 3.78. The van der Waals surface area contributed by atoms with Crippen LogP contribution in [0.1, 0.15) is 26.2 Å². The van der Waals surface area contributed by atoms with Crippen LogP contribution in [0.5, 0.6) is 0 Å². The fourth-order valence-electron chi connectivity index (χ4n) is 2.42. The van der Waals surface area contributed by atoms with E-state index >= 15 is 0 Å². The van der Waals surface area contributed by atoms with Crippen LogP contribution >= 0.6 is 0 Å². The van der Waals surface area contributed by atoms with Crippen LogP contribution in [0.3, 0.4) is 0 Å². The Bertz CT molecular complexity index is 239. The first-order chi connectivity index (χ1) is 7.77. The van der Waals surface area contributed by atoms with Gasteiger partial charge in [-0.15, -0.1) is 0 Å². The Morgan fingerprint density at radius 2 is 2.38 bits per heavy atom. The average molecular weight is 226 g/mol. The molecule has 0 saturated carbocycles. The number of hydrogen-bond acceptors (Lipinski definition) is 3.